The maximum atomic E-state index is 4.45. The topological polar surface area (TPSA) is 24.9 Å². The van der Waals surface area contributed by atoms with E-state index in [4.69, 9.17) is 0 Å². The smallest absolute Gasteiger partial charge is 0.0413 e. The van der Waals surface area contributed by atoms with Crippen LogP contribution in [0.2, 0.25) is 0 Å². The summed E-state index contributed by atoms with van der Waals surface area (Å²) in [5, 5.41) is 3.54. The molecule has 0 amide bonds. The van der Waals surface area contributed by atoms with Crippen LogP contribution in [0.3, 0.4) is 0 Å². The maximum absolute atomic E-state index is 4.45. The first-order valence-corrected chi connectivity index (χ1v) is 6.91. The zero-order valence-electron chi connectivity index (χ0n) is 9.75. The van der Waals surface area contributed by atoms with Crippen molar-refractivity contribution < 1.29 is 0 Å². The van der Waals surface area contributed by atoms with E-state index >= 15 is 0 Å². The minimum absolute atomic E-state index is 0.741. The quantitative estimate of drug-likeness (QED) is 0.918. The summed E-state index contributed by atoms with van der Waals surface area (Å²) >= 11 is 3.42. The standard InChI is InChI=1S/C13H19BrN2/c1-2-15-12-5-3-10(7-12)8-13-6-4-11(14)9-16-13/h4,6,9-10,12,15H,2-3,5,7-8H2,1H3. The summed E-state index contributed by atoms with van der Waals surface area (Å²) in [6.07, 6.45) is 7.01. The first-order valence-electron chi connectivity index (χ1n) is 6.11. The largest absolute Gasteiger partial charge is 0.314 e. The number of nitrogens with zero attached hydrogens (tertiary/aromatic N) is 1. The van der Waals surface area contributed by atoms with Gasteiger partial charge in [0.25, 0.3) is 0 Å². The number of rotatable bonds is 4. The van der Waals surface area contributed by atoms with Crippen LogP contribution in [0.1, 0.15) is 31.9 Å². The Morgan fingerprint density at radius 2 is 2.31 bits per heavy atom. The van der Waals surface area contributed by atoms with Gasteiger partial charge in [0.15, 0.2) is 0 Å². The average Bonchev–Trinajstić information content (AvgIpc) is 2.70. The van der Waals surface area contributed by atoms with E-state index in [-0.39, 0.29) is 0 Å². The normalized spacial score (nSPS) is 24.9. The highest BCUT2D eigenvalue weighted by Crippen LogP contribution is 2.28. The molecule has 0 bridgehead atoms. The third kappa shape index (κ3) is 3.29. The number of hydrogen-bond donors (Lipinski definition) is 1. The molecule has 2 rings (SSSR count). The zero-order valence-corrected chi connectivity index (χ0v) is 11.3. The van der Waals surface area contributed by atoms with E-state index in [1.165, 1.54) is 25.0 Å². The fourth-order valence-corrected chi connectivity index (χ4v) is 2.79. The third-order valence-corrected chi connectivity index (χ3v) is 3.79. The SMILES string of the molecule is CCNC1CCC(Cc2ccc(Br)cn2)C1. The van der Waals surface area contributed by atoms with Gasteiger partial charge < -0.3 is 5.32 Å². The van der Waals surface area contributed by atoms with Gasteiger partial charge in [-0.15, -0.1) is 0 Å². The van der Waals surface area contributed by atoms with E-state index in [9.17, 15) is 0 Å². The Labute approximate surface area is 106 Å². The second-order valence-electron chi connectivity index (χ2n) is 4.61. The van der Waals surface area contributed by atoms with Gasteiger partial charge in [-0.3, -0.25) is 4.98 Å². The van der Waals surface area contributed by atoms with Gasteiger partial charge in [-0.05, 0) is 66.2 Å². The number of pyridine rings is 1. The molecule has 0 spiro atoms. The zero-order chi connectivity index (χ0) is 11.4. The molecule has 1 aromatic rings. The van der Waals surface area contributed by atoms with Gasteiger partial charge in [0.1, 0.15) is 0 Å². The number of hydrogen-bond acceptors (Lipinski definition) is 2. The van der Waals surface area contributed by atoms with Gasteiger partial charge in [0.2, 0.25) is 0 Å². The lowest BCUT2D eigenvalue weighted by molar-refractivity contribution is 0.490. The Balaban J connectivity index is 1.84. The molecule has 0 aromatic carbocycles. The van der Waals surface area contributed by atoms with Crippen LogP contribution in [0.25, 0.3) is 0 Å². The first kappa shape index (κ1) is 12.1. The van der Waals surface area contributed by atoms with Crippen molar-refractivity contribution in [3.63, 3.8) is 0 Å². The Hall–Kier alpha value is -0.410. The fraction of sp³-hybridized carbons (Fsp3) is 0.615. The molecular weight excluding hydrogens is 264 g/mol. The van der Waals surface area contributed by atoms with Gasteiger partial charge >= 0.3 is 0 Å². The molecule has 0 aliphatic heterocycles. The summed E-state index contributed by atoms with van der Waals surface area (Å²) in [5.41, 5.74) is 1.23. The van der Waals surface area contributed by atoms with Crippen molar-refractivity contribution in [1.82, 2.24) is 10.3 Å². The number of halogens is 1. The molecular formula is C13H19BrN2. The Morgan fingerprint density at radius 1 is 1.44 bits per heavy atom. The molecule has 2 atom stereocenters. The molecule has 0 saturated heterocycles. The predicted octanol–water partition coefficient (Wildman–Crippen LogP) is 3.16. The second-order valence-corrected chi connectivity index (χ2v) is 5.52. The van der Waals surface area contributed by atoms with Gasteiger partial charge in [-0.25, -0.2) is 0 Å². The van der Waals surface area contributed by atoms with E-state index in [0.717, 1.165) is 29.4 Å². The monoisotopic (exact) mass is 282 g/mol. The molecule has 1 heterocycles. The molecule has 1 aliphatic carbocycles. The van der Waals surface area contributed by atoms with E-state index < -0.39 is 0 Å². The molecule has 88 valence electrons. The molecule has 3 heteroatoms. The van der Waals surface area contributed by atoms with Gasteiger partial charge in [-0.2, -0.15) is 0 Å². The van der Waals surface area contributed by atoms with E-state index in [0.29, 0.717) is 0 Å². The molecule has 1 aliphatic rings. The Kier molecular flexibility index (Phi) is 4.36. The van der Waals surface area contributed by atoms with E-state index in [1.807, 2.05) is 6.20 Å². The van der Waals surface area contributed by atoms with Gasteiger partial charge in [0, 0.05) is 22.4 Å². The average molecular weight is 283 g/mol. The third-order valence-electron chi connectivity index (χ3n) is 3.32. The highest BCUT2D eigenvalue weighted by molar-refractivity contribution is 9.10. The van der Waals surface area contributed by atoms with Crippen LogP contribution in [0, 0.1) is 5.92 Å². The molecule has 1 aromatic heterocycles. The van der Waals surface area contributed by atoms with Crippen LogP contribution in [0.5, 0.6) is 0 Å². The molecule has 0 radical (unpaired) electrons. The minimum Gasteiger partial charge on any atom is -0.314 e. The number of nitrogens with one attached hydrogen (secondary N) is 1. The Bertz CT molecular complexity index is 323. The minimum atomic E-state index is 0.741. The molecule has 2 unspecified atom stereocenters. The first-order chi connectivity index (χ1) is 7.78. The van der Waals surface area contributed by atoms with Crippen molar-refractivity contribution in [3.05, 3.63) is 28.5 Å². The molecule has 16 heavy (non-hydrogen) atoms. The predicted molar refractivity (Wildman–Crippen MR) is 70.4 cm³/mol. The van der Waals surface area contributed by atoms with Crippen molar-refractivity contribution in [3.8, 4) is 0 Å². The van der Waals surface area contributed by atoms with E-state index in [2.05, 4.69) is 45.3 Å². The molecule has 1 saturated carbocycles. The Morgan fingerprint density at radius 3 is 3.00 bits per heavy atom. The van der Waals surface area contributed by atoms with E-state index in [1.54, 1.807) is 0 Å². The van der Waals surface area contributed by atoms with Crippen molar-refractivity contribution in [1.29, 1.82) is 0 Å². The molecule has 2 nitrogen and oxygen atoms in total. The molecule has 1 fully saturated rings. The van der Waals surface area contributed by atoms with Crippen molar-refractivity contribution >= 4 is 15.9 Å². The lowest BCUT2D eigenvalue weighted by atomic mass is 10.0. The molecule has 1 N–H and O–H groups in total. The highest BCUT2D eigenvalue weighted by Gasteiger charge is 2.24. The van der Waals surface area contributed by atoms with Crippen LogP contribution < -0.4 is 5.32 Å². The summed E-state index contributed by atoms with van der Waals surface area (Å²) < 4.78 is 1.06. The highest BCUT2D eigenvalue weighted by atomic mass is 79.9. The lowest BCUT2D eigenvalue weighted by Crippen LogP contribution is -2.25. The second kappa shape index (κ2) is 5.78. The summed E-state index contributed by atoms with van der Waals surface area (Å²) in [6.45, 7) is 3.28. The van der Waals surface area contributed by atoms with Crippen LogP contribution in [-0.2, 0) is 6.42 Å². The van der Waals surface area contributed by atoms with Crippen LogP contribution >= 0.6 is 15.9 Å². The van der Waals surface area contributed by atoms with Crippen molar-refractivity contribution in [2.75, 3.05) is 6.54 Å². The summed E-state index contributed by atoms with van der Waals surface area (Å²) in [6, 6.07) is 4.95. The summed E-state index contributed by atoms with van der Waals surface area (Å²) in [4.78, 5) is 4.45. The lowest BCUT2D eigenvalue weighted by Gasteiger charge is -2.11. The van der Waals surface area contributed by atoms with Gasteiger partial charge in [-0.1, -0.05) is 6.92 Å². The maximum Gasteiger partial charge on any atom is 0.0413 e. The van der Waals surface area contributed by atoms with Gasteiger partial charge in [0.05, 0.1) is 0 Å². The van der Waals surface area contributed by atoms with Crippen LogP contribution in [0.15, 0.2) is 22.8 Å². The number of aromatic nitrogens is 1. The fourth-order valence-electron chi connectivity index (χ4n) is 2.56. The van der Waals surface area contributed by atoms with Crippen molar-refractivity contribution in [2.24, 2.45) is 5.92 Å². The summed E-state index contributed by atoms with van der Waals surface area (Å²) in [5.74, 6) is 0.817. The van der Waals surface area contributed by atoms with Crippen molar-refractivity contribution in [2.45, 2.75) is 38.6 Å². The van der Waals surface area contributed by atoms with Crippen LogP contribution in [0.4, 0.5) is 0 Å². The van der Waals surface area contributed by atoms with Crippen LogP contribution in [-0.4, -0.2) is 17.6 Å². The summed E-state index contributed by atoms with van der Waals surface area (Å²) in [7, 11) is 0.